The van der Waals surface area contributed by atoms with E-state index < -0.39 is 0 Å². The molecule has 0 radical (unpaired) electrons. The lowest BCUT2D eigenvalue weighted by atomic mass is 9.98. The SMILES string of the molecule is Cc1ncoc1-c1nnc(SCCCN2CCC3(C[C@@H]3c3cc(Cl)cc(Cl)c3)C2)n1C. The predicted molar refractivity (Wildman–Crippen MR) is 124 cm³/mol. The number of hydrogen-bond donors (Lipinski definition) is 0. The molecule has 1 aliphatic carbocycles. The second kappa shape index (κ2) is 8.43. The summed E-state index contributed by atoms with van der Waals surface area (Å²) in [6.07, 6.45) is 5.08. The molecule has 1 aromatic carbocycles. The first-order valence-corrected chi connectivity index (χ1v) is 12.3. The maximum Gasteiger partial charge on any atom is 0.202 e. The van der Waals surface area contributed by atoms with Crippen molar-refractivity contribution in [2.24, 2.45) is 12.5 Å². The summed E-state index contributed by atoms with van der Waals surface area (Å²) in [7, 11) is 1.97. The monoisotopic (exact) mass is 477 g/mol. The summed E-state index contributed by atoms with van der Waals surface area (Å²) < 4.78 is 7.43. The molecule has 6 nitrogen and oxygen atoms in total. The van der Waals surface area contributed by atoms with Gasteiger partial charge in [-0.1, -0.05) is 35.0 Å². The van der Waals surface area contributed by atoms with Gasteiger partial charge in [0.05, 0.1) is 5.69 Å². The van der Waals surface area contributed by atoms with Gasteiger partial charge in [0.25, 0.3) is 0 Å². The number of nitrogens with zero attached hydrogens (tertiary/aromatic N) is 5. The van der Waals surface area contributed by atoms with Crippen LogP contribution in [0.25, 0.3) is 11.6 Å². The second-order valence-electron chi connectivity index (χ2n) is 8.68. The van der Waals surface area contributed by atoms with Gasteiger partial charge in [0.1, 0.15) is 0 Å². The standard InChI is InChI=1S/C22H25Cl2N5OS/c1-14-19(30-13-25-14)20-26-27-21(28(20)2)31-7-3-5-29-6-4-22(12-29)11-18(22)15-8-16(23)10-17(24)9-15/h8-10,13,18H,3-7,11-12H2,1-2H3/t18-,22?/m1/s1. The topological polar surface area (TPSA) is 60.0 Å². The van der Waals surface area contributed by atoms with Crippen molar-refractivity contribution in [3.8, 4) is 11.6 Å². The summed E-state index contributed by atoms with van der Waals surface area (Å²) in [6.45, 7) is 5.37. The fourth-order valence-electron chi connectivity index (χ4n) is 4.83. The average Bonchev–Trinajstić information content (AvgIpc) is 2.99. The summed E-state index contributed by atoms with van der Waals surface area (Å²) in [4.78, 5) is 6.74. The number of aryl methyl sites for hydroxylation is 1. The molecular formula is C22H25Cl2N5OS. The van der Waals surface area contributed by atoms with E-state index in [2.05, 4.69) is 32.2 Å². The summed E-state index contributed by atoms with van der Waals surface area (Å²) in [5.74, 6) is 3.02. The van der Waals surface area contributed by atoms with Crippen LogP contribution in [0, 0.1) is 12.3 Å². The normalized spacial score (nSPS) is 23.2. The average molecular weight is 478 g/mol. The Bertz CT molecular complexity index is 1080. The molecule has 2 atom stereocenters. The molecule has 0 amide bonds. The first-order valence-electron chi connectivity index (χ1n) is 10.6. The first-order chi connectivity index (χ1) is 14.9. The van der Waals surface area contributed by atoms with Crippen LogP contribution in [0.4, 0.5) is 0 Å². The van der Waals surface area contributed by atoms with Gasteiger partial charge in [-0.05, 0) is 74.4 Å². The van der Waals surface area contributed by atoms with E-state index in [1.54, 1.807) is 11.8 Å². The van der Waals surface area contributed by atoms with Crippen LogP contribution in [-0.2, 0) is 7.05 Å². The van der Waals surface area contributed by atoms with E-state index in [1.165, 1.54) is 37.9 Å². The van der Waals surface area contributed by atoms with E-state index in [4.69, 9.17) is 27.6 Å². The number of rotatable bonds is 7. The third-order valence-electron chi connectivity index (χ3n) is 6.57. The van der Waals surface area contributed by atoms with Crippen molar-refractivity contribution in [2.75, 3.05) is 25.4 Å². The number of halogens is 2. The minimum Gasteiger partial charge on any atom is -0.440 e. The molecule has 2 aromatic heterocycles. The largest absolute Gasteiger partial charge is 0.440 e. The summed E-state index contributed by atoms with van der Waals surface area (Å²) in [5.41, 5.74) is 2.55. The molecule has 3 aromatic rings. The summed E-state index contributed by atoms with van der Waals surface area (Å²) in [6, 6.07) is 5.98. The van der Waals surface area contributed by atoms with Crippen LogP contribution in [-0.4, -0.2) is 50.0 Å². The molecular weight excluding hydrogens is 453 g/mol. The van der Waals surface area contributed by atoms with Crippen molar-refractivity contribution >= 4 is 35.0 Å². The lowest BCUT2D eigenvalue weighted by Crippen LogP contribution is -2.23. The van der Waals surface area contributed by atoms with Gasteiger partial charge in [0, 0.05) is 29.4 Å². The van der Waals surface area contributed by atoms with Crippen molar-refractivity contribution in [3.63, 3.8) is 0 Å². The quantitative estimate of drug-likeness (QED) is 0.333. The zero-order valence-corrected chi connectivity index (χ0v) is 20.0. The Labute approximate surface area is 196 Å². The molecule has 3 heterocycles. The molecule has 164 valence electrons. The Morgan fingerprint density at radius 1 is 1.23 bits per heavy atom. The van der Waals surface area contributed by atoms with E-state index in [9.17, 15) is 0 Å². The van der Waals surface area contributed by atoms with E-state index >= 15 is 0 Å². The van der Waals surface area contributed by atoms with Gasteiger partial charge < -0.3 is 13.9 Å². The smallest absolute Gasteiger partial charge is 0.202 e. The van der Waals surface area contributed by atoms with Crippen LogP contribution >= 0.6 is 35.0 Å². The molecule has 2 aliphatic rings. The molecule has 1 unspecified atom stereocenters. The van der Waals surface area contributed by atoms with Crippen LogP contribution in [0.5, 0.6) is 0 Å². The molecule has 5 rings (SSSR count). The third kappa shape index (κ3) is 4.25. The van der Waals surface area contributed by atoms with Gasteiger partial charge >= 0.3 is 0 Å². The maximum atomic E-state index is 6.21. The Morgan fingerprint density at radius 3 is 2.77 bits per heavy atom. The zero-order chi connectivity index (χ0) is 21.6. The van der Waals surface area contributed by atoms with Crippen LogP contribution in [0.2, 0.25) is 10.0 Å². The van der Waals surface area contributed by atoms with Crippen molar-refractivity contribution < 1.29 is 4.42 Å². The minimum atomic E-state index is 0.425. The Balaban J connectivity index is 1.11. The number of benzene rings is 1. The molecule has 31 heavy (non-hydrogen) atoms. The molecule has 1 saturated heterocycles. The molecule has 0 N–H and O–H groups in total. The molecule has 2 fully saturated rings. The number of hydrogen-bond acceptors (Lipinski definition) is 6. The molecule has 1 spiro atoms. The highest BCUT2D eigenvalue weighted by Crippen LogP contribution is 2.64. The van der Waals surface area contributed by atoms with Gasteiger partial charge in [0.15, 0.2) is 17.3 Å². The molecule has 1 aliphatic heterocycles. The lowest BCUT2D eigenvalue weighted by molar-refractivity contribution is 0.319. The van der Waals surface area contributed by atoms with Crippen LogP contribution in [0.1, 0.15) is 36.4 Å². The molecule has 1 saturated carbocycles. The van der Waals surface area contributed by atoms with E-state index in [1.807, 2.05) is 24.6 Å². The Hall–Kier alpha value is -1.54. The van der Waals surface area contributed by atoms with Crippen LogP contribution in [0.3, 0.4) is 0 Å². The van der Waals surface area contributed by atoms with Crippen LogP contribution in [0.15, 0.2) is 34.2 Å². The molecule has 9 heteroatoms. The van der Waals surface area contributed by atoms with Gasteiger partial charge in [-0.25, -0.2) is 4.98 Å². The second-order valence-corrected chi connectivity index (χ2v) is 10.6. The number of oxazole rings is 1. The fourth-order valence-corrected chi connectivity index (χ4v) is 6.21. The zero-order valence-electron chi connectivity index (χ0n) is 17.6. The Morgan fingerprint density at radius 2 is 2.03 bits per heavy atom. The van der Waals surface area contributed by atoms with Gasteiger partial charge in [-0.3, -0.25) is 0 Å². The highest BCUT2D eigenvalue weighted by molar-refractivity contribution is 7.99. The summed E-state index contributed by atoms with van der Waals surface area (Å²) >= 11 is 14.2. The van der Waals surface area contributed by atoms with Gasteiger partial charge in [0.2, 0.25) is 5.82 Å². The van der Waals surface area contributed by atoms with Gasteiger partial charge in [-0.2, -0.15) is 0 Å². The summed E-state index contributed by atoms with van der Waals surface area (Å²) in [5, 5.41) is 11.0. The molecule has 0 bridgehead atoms. The Kier molecular flexibility index (Phi) is 5.79. The van der Waals surface area contributed by atoms with Crippen molar-refractivity contribution in [1.29, 1.82) is 0 Å². The maximum absolute atomic E-state index is 6.21. The number of thioether (sulfide) groups is 1. The van der Waals surface area contributed by atoms with E-state index in [-0.39, 0.29) is 0 Å². The van der Waals surface area contributed by atoms with Crippen LogP contribution < -0.4 is 0 Å². The first kappa shape index (κ1) is 21.3. The van der Waals surface area contributed by atoms with Crippen molar-refractivity contribution in [1.82, 2.24) is 24.6 Å². The highest BCUT2D eigenvalue weighted by atomic mass is 35.5. The lowest BCUT2D eigenvalue weighted by Gasteiger charge is -2.16. The fraction of sp³-hybridized carbons (Fsp3) is 0.500. The van der Waals surface area contributed by atoms with Gasteiger partial charge in [-0.15, -0.1) is 10.2 Å². The van der Waals surface area contributed by atoms with Crippen molar-refractivity contribution in [3.05, 3.63) is 45.9 Å². The minimum absolute atomic E-state index is 0.425. The highest BCUT2D eigenvalue weighted by Gasteiger charge is 2.57. The van der Waals surface area contributed by atoms with E-state index in [0.29, 0.717) is 17.1 Å². The third-order valence-corrected chi connectivity index (χ3v) is 8.12. The predicted octanol–water partition coefficient (Wildman–Crippen LogP) is 5.45. The van der Waals surface area contributed by atoms with E-state index in [0.717, 1.165) is 45.4 Å². The van der Waals surface area contributed by atoms with Crippen molar-refractivity contribution in [2.45, 2.75) is 37.3 Å². The number of likely N-dealkylation sites (tertiary alicyclic amines) is 1. The number of aromatic nitrogens is 4.